The number of aryl methyl sites for hydroxylation is 1. The SMILES string of the molecule is COc1cnc2c(-c3nc4c(Cl)cc5c(c4s3)OC[C@H](COC(=O)Nc3ccc4ncsc4c3)O5)cc(C)cc2n1. The number of halogens is 1. The number of methoxy groups -OCH3 is 1. The van der Waals surface area contributed by atoms with Crippen LogP contribution in [-0.2, 0) is 4.74 Å². The van der Waals surface area contributed by atoms with Crippen molar-refractivity contribution in [1.29, 1.82) is 0 Å². The van der Waals surface area contributed by atoms with Crippen LogP contribution in [0.5, 0.6) is 17.4 Å². The van der Waals surface area contributed by atoms with E-state index in [0.717, 1.165) is 31.1 Å². The van der Waals surface area contributed by atoms with Crippen LogP contribution in [0.2, 0.25) is 5.02 Å². The Balaban J connectivity index is 1.11. The highest BCUT2D eigenvalue weighted by molar-refractivity contribution is 7.22. The molecular weight excluding hydrogens is 586 g/mol. The van der Waals surface area contributed by atoms with E-state index < -0.39 is 12.2 Å². The third kappa shape index (κ3) is 4.83. The van der Waals surface area contributed by atoms with Gasteiger partial charge in [-0.25, -0.2) is 24.7 Å². The molecule has 13 heteroatoms. The lowest BCUT2D eigenvalue weighted by Crippen LogP contribution is -2.35. The van der Waals surface area contributed by atoms with Crippen molar-refractivity contribution in [3.05, 3.63) is 58.7 Å². The summed E-state index contributed by atoms with van der Waals surface area (Å²) in [5.41, 5.74) is 7.14. The standard InChI is InChI=1S/C28H20ClN5O5S2/c1-13-5-16(23-19(6-13)33-22(36-2)9-30-23)27-34-24-17(29)8-20-25(26(24)41-27)37-10-15(39-20)11-38-28(35)32-14-3-4-18-21(7-14)40-12-31-18/h3-9,12,15H,10-11H2,1-2H3,(H,32,35)/t15-/m1/s1. The number of ether oxygens (including phenoxy) is 4. The van der Waals surface area contributed by atoms with E-state index >= 15 is 0 Å². The van der Waals surface area contributed by atoms with E-state index in [0.29, 0.717) is 44.6 Å². The Morgan fingerprint density at radius 1 is 1.15 bits per heavy atom. The minimum atomic E-state index is -0.588. The molecule has 0 unspecified atom stereocenters. The van der Waals surface area contributed by atoms with Crippen molar-refractivity contribution < 1.29 is 23.7 Å². The van der Waals surface area contributed by atoms with Gasteiger partial charge in [-0.1, -0.05) is 11.6 Å². The Morgan fingerprint density at radius 3 is 2.93 bits per heavy atom. The second kappa shape index (κ2) is 10.3. The average molecular weight is 606 g/mol. The number of thiazole rings is 2. The molecule has 0 saturated carbocycles. The maximum atomic E-state index is 12.4. The predicted octanol–water partition coefficient (Wildman–Crippen LogP) is 6.88. The van der Waals surface area contributed by atoms with Gasteiger partial charge in [-0.3, -0.25) is 5.32 Å². The molecule has 1 N–H and O–H groups in total. The van der Waals surface area contributed by atoms with Crippen LogP contribution in [0.1, 0.15) is 5.56 Å². The minimum absolute atomic E-state index is 0.00488. The molecule has 0 spiro atoms. The van der Waals surface area contributed by atoms with E-state index in [4.69, 9.17) is 35.5 Å². The van der Waals surface area contributed by atoms with E-state index in [1.54, 1.807) is 30.9 Å². The summed E-state index contributed by atoms with van der Waals surface area (Å²) in [6.45, 7) is 2.18. The van der Waals surface area contributed by atoms with Gasteiger partial charge in [0.25, 0.3) is 0 Å². The van der Waals surface area contributed by atoms with E-state index in [2.05, 4.69) is 20.3 Å². The summed E-state index contributed by atoms with van der Waals surface area (Å²) in [7, 11) is 1.56. The number of carbonyl (C=O) groups excluding carboxylic acids is 1. The number of benzene rings is 3. The van der Waals surface area contributed by atoms with E-state index in [9.17, 15) is 4.79 Å². The minimum Gasteiger partial charge on any atom is -0.484 e. The molecule has 0 radical (unpaired) electrons. The molecule has 0 aliphatic carbocycles. The molecule has 41 heavy (non-hydrogen) atoms. The first-order valence-electron chi connectivity index (χ1n) is 12.5. The lowest BCUT2D eigenvalue weighted by molar-refractivity contribution is 0.0384. The van der Waals surface area contributed by atoms with Crippen molar-refractivity contribution in [2.24, 2.45) is 0 Å². The summed E-state index contributed by atoms with van der Waals surface area (Å²) in [6.07, 6.45) is 0.488. The lowest BCUT2D eigenvalue weighted by Gasteiger charge is -2.26. The van der Waals surface area contributed by atoms with Crippen LogP contribution < -0.4 is 19.5 Å². The summed E-state index contributed by atoms with van der Waals surface area (Å²) in [5.74, 6) is 1.46. The fourth-order valence-electron chi connectivity index (χ4n) is 4.57. The molecule has 4 heterocycles. The normalized spacial score (nSPS) is 14.5. The maximum absolute atomic E-state index is 12.4. The Kier molecular flexibility index (Phi) is 6.45. The smallest absolute Gasteiger partial charge is 0.411 e. The molecule has 6 aromatic rings. The van der Waals surface area contributed by atoms with Crippen LogP contribution in [0.3, 0.4) is 0 Å². The van der Waals surface area contributed by atoms with Crippen LogP contribution in [0.25, 0.3) is 42.0 Å². The van der Waals surface area contributed by atoms with E-state index in [1.807, 2.05) is 31.2 Å². The highest BCUT2D eigenvalue weighted by Crippen LogP contribution is 2.47. The quantitative estimate of drug-likeness (QED) is 0.224. The van der Waals surface area contributed by atoms with Gasteiger partial charge in [-0.05, 0) is 42.8 Å². The molecule has 206 valence electrons. The van der Waals surface area contributed by atoms with Gasteiger partial charge in [0.15, 0.2) is 17.6 Å². The largest absolute Gasteiger partial charge is 0.484 e. The van der Waals surface area contributed by atoms with Gasteiger partial charge in [0.2, 0.25) is 5.88 Å². The summed E-state index contributed by atoms with van der Waals surface area (Å²) < 4.78 is 24.6. The first-order chi connectivity index (χ1) is 19.9. The summed E-state index contributed by atoms with van der Waals surface area (Å²) in [5, 5.41) is 3.89. The van der Waals surface area contributed by atoms with Crippen molar-refractivity contribution in [2.75, 3.05) is 25.6 Å². The molecule has 3 aromatic carbocycles. The molecule has 1 atom stereocenters. The number of rotatable bonds is 5. The van der Waals surface area contributed by atoms with Crippen molar-refractivity contribution in [3.63, 3.8) is 0 Å². The number of hydrogen-bond donors (Lipinski definition) is 1. The maximum Gasteiger partial charge on any atom is 0.411 e. The van der Waals surface area contributed by atoms with Crippen LogP contribution in [0.15, 0.2) is 48.1 Å². The Bertz CT molecular complexity index is 1980. The monoisotopic (exact) mass is 605 g/mol. The second-order valence-electron chi connectivity index (χ2n) is 9.28. The fraction of sp³-hybridized carbons (Fsp3) is 0.179. The van der Waals surface area contributed by atoms with Crippen LogP contribution >= 0.6 is 34.3 Å². The highest BCUT2D eigenvalue weighted by Gasteiger charge is 2.28. The molecule has 10 nitrogen and oxygen atoms in total. The van der Waals surface area contributed by atoms with Gasteiger partial charge < -0.3 is 18.9 Å². The number of nitrogens with zero attached hydrogens (tertiary/aromatic N) is 4. The van der Waals surface area contributed by atoms with Crippen LogP contribution in [0, 0.1) is 6.92 Å². The number of aromatic nitrogens is 4. The van der Waals surface area contributed by atoms with E-state index in [-0.39, 0.29) is 13.2 Å². The van der Waals surface area contributed by atoms with Crippen LogP contribution in [0.4, 0.5) is 10.5 Å². The number of anilines is 1. The third-order valence-electron chi connectivity index (χ3n) is 6.43. The summed E-state index contributed by atoms with van der Waals surface area (Å²) in [6, 6.07) is 11.1. The first kappa shape index (κ1) is 25.7. The average Bonchev–Trinajstić information content (AvgIpc) is 3.63. The number of fused-ring (bicyclic) bond motifs is 5. The number of nitrogens with one attached hydrogen (secondary N) is 1. The second-order valence-corrected chi connectivity index (χ2v) is 11.6. The van der Waals surface area contributed by atoms with Gasteiger partial charge in [0, 0.05) is 17.3 Å². The first-order valence-corrected chi connectivity index (χ1v) is 14.5. The van der Waals surface area contributed by atoms with Gasteiger partial charge in [-0.2, -0.15) is 0 Å². The Morgan fingerprint density at radius 2 is 2.05 bits per heavy atom. The topological polar surface area (TPSA) is 118 Å². The summed E-state index contributed by atoms with van der Waals surface area (Å²) in [4.78, 5) is 30.6. The number of hydrogen-bond acceptors (Lipinski definition) is 11. The van der Waals surface area contributed by atoms with Gasteiger partial charge >= 0.3 is 6.09 Å². The van der Waals surface area contributed by atoms with Crippen molar-refractivity contribution in [2.45, 2.75) is 13.0 Å². The van der Waals surface area contributed by atoms with Crippen molar-refractivity contribution in [1.82, 2.24) is 19.9 Å². The number of amides is 1. The summed E-state index contributed by atoms with van der Waals surface area (Å²) >= 11 is 9.58. The zero-order valence-electron chi connectivity index (χ0n) is 21.6. The molecule has 0 bridgehead atoms. The Labute approximate surface area is 245 Å². The zero-order chi connectivity index (χ0) is 28.1. The molecule has 0 fully saturated rings. The molecule has 0 saturated heterocycles. The molecular formula is C28H20ClN5O5S2. The van der Waals surface area contributed by atoms with Crippen molar-refractivity contribution in [3.8, 4) is 28.0 Å². The van der Waals surface area contributed by atoms with Gasteiger partial charge in [-0.15, -0.1) is 22.7 Å². The highest BCUT2D eigenvalue weighted by atomic mass is 35.5. The molecule has 1 amide bonds. The van der Waals surface area contributed by atoms with E-state index in [1.165, 1.54) is 22.7 Å². The third-order valence-corrected chi connectivity index (χ3v) is 8.60. The van der Waals surface area contributed by atoms with Crippen molar-refractivity contribution >= 4 is 77.5 Å². The zero-order valence-corrected chi connectivity index (χ0v) is 24.0. The fourth-order valence-corrected chi connectivity index (χ4v) is 6.68. The van der Waals surface area contributed by atoms with Gasteiger partial charge in [0.05, 0.1) is 45.1 Å². The Hall–Kier alpha value is -4.26. The predicted molar refractivity (Wildman–Crippen MR) is 159 cm³/mol. The number of carbonyl (C=O) groups is 1. The molecule has 7 rings (SSSR count). The van der Waals surface area contributed by atoms with Gasteiger partial charge in [0.1, 0.15) is 28.4 Å². The lowest BCUT2D eigenvalue weighted by atomic mass is 10.1. The molecule has 1 aliphatic heterocycles. The molecule has 3 aromatic heterocycles. The molecule has 1 aliphatic rings. The van der Waals surface area contributed by atoms with Crippen LogP contribution in [-0.4, -0.2) is 52.5 Å².